The molecule has 0 atom stereocenters. The molecule has 4 heteroatoms. The molecule has 1 heterocycles. The molecular formula is C16H16N2O2. The summed E-state index contributed by atoms with van der Waals surface area (Å²) in [5.74, 6) is 0.624. The lowest BCUT2D eigenvalue weighted by Crippen LogP contribution is -2.04. The second-order valence-electron chi connectivity index (χ2n) is 4.72. The van der Waals surface area contributed by atoms with E-state index in [1.54, 1.807) is 0 Å². The van der Waals surface area contributed by atoms with Gasteiger partial charge in [-0.15, -0.1) is 0 Å². The van der Waals surface area contributed by atoms with Gasteiger partial charge in [-0.3, -0.25) is 0 Å². The number of anilines is 1. The average Bonchev–Trinajstić information content (AvgIpc) is 2.88. The first-order valence-electron chi connectivity index (χ1n) is 6.58. The monoisotopic (exact) mass is 268 g/mol. The standard InChI is InChI=1S/C16H16N2O2/c1-11-2-7-15-14(10-11)18-16(20-15)12-3-5-13(6-4-12)17-8-9-19/h2-7,10,17,19H,8-9H2,1H3. The lowest BCUT2D eigenvalue weighted by Gasteiger charge is -2.04. The van der Waals surface area contributed by atoms with Crippen molar-refractivity contribution >= 4 is 16.8 Å². The van der Waals surface area contributed by atoms with Gasteiger partial charge in [-0.05, 0) is 48.9 Å². The lowest BCUT2D eigenvalue weighted by atomic mass is 10.2. The summed E-state index contributed by atoms with van der Waals surface area (Å²) in [5.41, 5.74) is 4.75. The van der Waals surface area contributed by atoms with Crippen molar-refractivity contribution in [3.8, 4) is 11.5 Å². The van der Waals surface area contributed by atoms with Crippen LogP contribution >= 0.6 is 0 Å². The number of aliphatic hydroxyl groups excluding tert-OH is 1. The first-order chi connectivity index (χ1) is 9.76. The fraction of sp³-hybridized carbons (Fsp3) is 0.188. The summed E-state index contributed by atoms with van der Waals surface area (Å²) in [6.45, 7) is 2.70. The predicted molar refractivity (Wildman–Crippen MR) is 79.8 cm³/mol. The molecule has 4 nitrogen and oxygen atoms in total. The van der Waals surface area contributed by atoms with Crippen LogP contribution in [0, 0.1) is 6.92 Å². The Hall–Kier alpha value is -2.33. The van der Waals surface area contributed by atoms with Gasteiger partial charge >= 0.3 is 0 Å². The fourth-order valence-corrected chi connectivity index (χ4v) is 2.09. The molecule has 0 saturated carbocycles. The molecule has 102 valence electrons. The Labute approximate surface area is 117 Å². The van der Waals surface area contributed by atoms with Crippen LogP contribution in [0.5, 0.6) is 0 Å². The van der Waals surface area contributed by atoms with Crippen molar-refractivity contribution in [3.05, 3.63) is 48.0 Å². The summed E-state index contributed by atoms with van der Waals surface area (Å²) in [4.78, 5) is 4.51. The lowest BCUT2D eigenvalue weighted by molar-refractivity contribution is 0.311. The van der Waals surface area contributed by atoms with E-state index in [2.05, 4.69) is 10.3 Å². The molecule has 0 fully saturated rings. The number of aromatic nitrogens is 1. The van der Waals surface area contributed by atoms with Gasteiger partial charge in [-0.1, -0.05) is 6.07 Å². The van der Waals surface area contributed by atoms with Gasteiger partial charge in [-0.25, -0.2) is 4.98 Å². The highest BCUT2D eigenvalue weighted by Crippen LogP contribution is 2.25. The summed E-state index contributed by atoms with van der Waals surface area (Å²) >= 11 is 0. The van der Waals surface area contributed by atoms with Crippen molar-refractivity contribution in [2.75, 3.05) is 18.5 Å². The van der Waals surface area contributed by atoms with Gasteiger partial charge < -0.3 is 14.8 Å². The Morgan fingerprint density at radius 2 is 1.95 bits per heavy atom. The first kappa shape index (κ1) is 12.7. The third-order valence-electron chi connectivity index (χ3n) is 3.12. The second-order valence-corrected chi connectivity index (χ2v) is 4.72. The van der Waals surface area contributed by atoms with Crippen LogP contribution in [0.4, 0.5) is 5.69 Å². The maximum absolute atomic E-state index is 8.78. The molecule has 3 aromatic rings. The van der Waals surface area contributed by atoms with E-state index in [4.69, 9.17) is 9.52 Å². The molecule has 3 rings (SSSR count). The van der Waals surface area contributed by atoms with Crippen molar-refractivity contribution in [2.24, 2.45) is 0 Å². The number of fused-ring (bicyclic) bond motifs is 1. The average molecular weight is 268 g/mol. The maximum atomic E-state index is 8.78. The zero-order valence-corrected chi connectivity index (χ0v) is 11.3. The Bertz CT molecular complexity index is 717. The normalized spacial score (nSPS) is 10.9. The quantitative estimate of drug-likeness (QED) is 0.763. The summed E-state index contributed by atoms with van der Waals surface area (Å²) < 4.78 is 5.76. The van der Waals surface area contributed by atoms with Crippen LogP contribution in [0.2, 0.25) is 0 Å². The molecule has 0 bridgehead atoms. The van der Waals surface area contributed by atoms with Crippen molar-refractivity contribution in [1.29, 1.82) is 0 Å². The van der Waals surface area contributed by atoms with Crippen LogP contribution in [0.25, 0.3) is 22.6 Å². The Balaban J connectivity index is 1.90. The number of hydrogen-bond donors (Lipinski definition) is 2. The molecule has 20 heavy (non-hydrogen) atoms. The van der Waals surface area contributed by atoms with Crippen LogP contribution in [0.1, 0.15) is 5.56 Å². The third-order valence-corrected chi connectivity index (χ3v) is 3.12. The number of rotatable bonds is 4. The molecule has 1 aromatic heterocycles. The molecule has 2 N–H and O–H groups in total. The zero-order valence-electron chi connectivity index (χ0n) is 11.3. The summed E-state index contributed by atoms with van der Waals surface area (Å²) in [6.07, 6.45) is 0. The highest BCUT2D eigenvalue weighted by molar-refractivity contribution is 5.77. The minimum atomic E-state index is 0.117. The van der Waals surface area contributed by atoms with Crippen molar-refractivity contribution in [2.45, 2.75) is 6.92 Å². The molecule has 0 unspecified atom stereocenters. The number of hydrogen-bond acceptors (Lipinski definition) is 4. The SMILES string of the molecule is Cc1ccc2oc(-c3ccc(NCCO)cc3)nc2c1. The number of aliphatic hydroxyl groups is 1. The Morgan fingerprint density at radius 1 is 1.15 bits per heavy atom. The van der Waals surface area contributed by atoms with Gasteiger partial charge in [0.05, 0.1) is 6.61 Å². The molecule has 0 saturated heterocycles. The van der Waals surface area contributed by atoms with Gasteiger partial charge in [0.15, 0.2) is 5.58 Å². The minimum Gasteiger partial charge on any atom is -0.436 e. The minimum absolute atomic E-state index is 0.117. The van der Waals surface area contributed by atoms with E-state index in [0.29, 0.717) is 12.4 Å². The van der Waals surface area contributed by atoms with Crippen LogP contribution in [-0.2, 0) is 0 Å². The second kappa shape index (κ2) is 5.35. The van der Waals surface area contributed by atoms with Gasteiger partial charge in [0.1, 0.15) is 5.52 Å². The molecule has 0 radical (unpaired) electrons. The van der Waals surface area contributed by atoms with E-state index in [9.17, 15) is 0 Å². The van der Waals surface area contributed by atoms with E-state index in [0.717, 1.165) is 22.4 Å². The van der Waals surface area contributed by atoms with E-state index >= 15 is 0 Å². The number of nitrogens with one attached hydrogen (secondary N) is 1. The zero-order chi connectivity index (χ0) is 13.9. The predicted octanol–water partition coefficient (Wildman–Crippen LogP) is 3.21. The van der Waals surface area contributed by atoms with Crippen molar-refractivity contribution in [1.82, 2.24) is 4.98 Å². The smallest absolute Gasteiger partial charge is 0.227 e. The van der Waals surface area contributed by atoms with Crippen molar-refractivity contribution < 1.29 is 9.52 Å². The Kier molecular flexibility index (Phi) is 3.39. The molecule has 0 spiro atoms. The van der Waals surface area contributed by atoms with E-state index < -0.39 is 0 Å². The van der Waals surface area contributed by atoms with E-state index in [-0.39, 0.29) is 6.61 Å². The molecule has 0 aliphatic heterocycles. The molecule has 0 amide bonds. The summed E-state index contributed by atoms with van der Waals surface area (Å²) in [5, 5.41) is 11.9. The highest BCUT2D eigenvalue weighted by Gasteiger charge is 2.08. The maximum Gasteiger partial charge on any atom is 0.227 e. The fourth-order valence-electron chi connectivity index (χ4n) is 2.09. The van der Waals surface area contributed by atoms with Crippen LogP contribution in [0.3, 0.4) is 0 Å². The van der Waals surface area contributed by atoms with Crippen molar-refractivity contribution in [3.63, 3.8) is 0 Å². The number of benzene rings is 2. The van der Waals surface area contributed by atoms with Crippen LogP contribution in [0.15, 0.2) is 46.9 Å². The van der Waals surface area contributed by atoms with E-state index in [1.165, 1.54) is 5.56 Å². The largest absolute Gasteiger partial charge is 0.436 e. The van der Waals surface area contributed by atoms with Gasteiger partial charge in [0, 0.05) is 17.8 Å². The highest BCUT2D eigenvalue weighted by atomic mass is 16.3. The van der Waals surface area contributed by atoms with Gasteiger partial charge in [-0.2, -0.15) is 0 Å². The topological polar surface area (TPSA) is 58.3 Å². The summed E-state index contributed by atoms with van der Waals surface area (Å²) in [6, 6.07) is 13.8. The third kappa shape index (κ3) is 2.51. The number of nitrogens with zero attached hydrogens (tertiary/aromatic N) is 1. The summed E-state index contributed by atoms with van der Waals surface area (Å²) in [7, 11) is 0. The molecule has 0 aliphatic carbocycles. The van der Waals surface area contributed by atoms with E-state index in [1.807, 2.05) is 49.4 Å². The van der Waals surface area contributed by atoms with Gasteiger partial charge in [0.2, 0.25) is 5.89 Å². The molecular weight excluding hydrogens is 252 g/mol. The molecule has 0 aliphatic rings. The van der Waals surface area contributed by atoms with Crippen LogP contribution in [-0.4, -0.2) is 23.2 Å². The number of oxazole rings is 1. The first-order valence-corrected chi connectivity index (χ1v) is 6.58. The number of aryl methyl sites for hydroxylation is 1. The van der Waals surface area contributed by atoms with Crippen LogP contribution < -0.4 is 5.32 Å². The molecule has 2 aromatic carbocycles. The Morgan fingerprint density at radius 3 is 2.70 bits per heavy atom. The van der Waals surface area contributed by atoms with Gasteiger partial charge in [0.25, 0.3) is 0 Å².